The number of thiazole rings is 1. The molecule has 3 aromatic carbocycles. The summed E-state index contributed by atoms with van der Waals surface area (Å²) in [4.78, 5) is 61.4. The van der Waals surface area contributed by atoms with Gasteiger partial charge in [0.25, 0.3) is 11.5 Å². The van der Waals surface area contributed by atoms with Gasteiger partial charge in [-0.05, 0) is 38.1 Å². The first kappa shape index (κ1) is 31.2. The van der Waals surface area contributed by atoms with Crippen molar-refractivity contribution in [3.8, 4) is 5.75 Å². The molecule has 234 valence electrons. The molecule has 0 aliphatic carbocycles. The van der Waals surface area contributed by atoms with Gasteiger partial charge in [-0.3, -0.25) is 23.9 Å². The molecule has 0 saturated heterocycles. The summed E-state index contributed by atoms with van der Waals surface area (Å²) in [5.74, 6) is -1.28. The number of para-hydroxylation sites is 1. The van der Waals surface area contributed by atoms with Gasteiger partial charge in [-0.1, -0.05) is 75.8 Å². The van der Waals surface area contributed by atoms with Gasteiger partial charge in [-0.25, -0.2) is 9.79 Å². The van der Waals surface area contributed by atoms with Crippen LogP contribution in [0.2, 0.25) is 0 Å². The lowest BCUT2D eigenvalue weighted by atomic mass is 9.92. The zero-order valence-corrected chi connectivity index (χ0v) is 27.5. The highest BCUT2D eigenvalue weighted by Gasteiger charge is 2.39. The van der Waals surface area contributed by atoms with E-state index in [9.17, 15) is 19.2 Å². The van der Waals surface area contributed by atoms with Gasteiger partial charge in [-0.15, -0.1) is 0 Å². The van der Waals surface area contributed by atoms with Crippen molar-refractivity contribution in [2.45, 2.75) is 19.9 Å². The van der Waals surface area contributed by atoms with E-state index in [0.29, 0.717) is 38.3 Å². The number of anilines is 1. The van der Waals surface area contributed by atoms with E-state index in [2.05, 4.69) is 15.9 Å². The molecule has 0 saturated carbocycles. The molecular formula is C34H28BrN3O7S. The van der Waals surface area contributed by atoms with Crippen molar-refractivity contribution in [2.24, 2.45) is 4.99 Å². The molecule has 0 spiro atoms. The number of ether oxygens (including phenoxy) is 3. The molecule has 0 N–H and O–H groups in total. The smallest absolute Gasteiger partial charge is 0.338 e. The molecule has 3 heterocycles. The molecule has 1 atom stereocenters. The summed E-state index contributed by atoms with van der Waals surface area (Å²) >= 11 is 4.58. The van der Waals surface area contributed by atoms with E-state index in [-0.39, 0.29) is 40.2 Å². The third kappa shape index (κ3) is 5.37. The third-order valence-corrected chi connectivity index (χ3v) is 9.13. The van der Waals surface area contributed by atoms with Crippen molar-refractivity contribution < 1.29 is 28.6 Å². The highest BCUT2D eigenvalue weighted by atomic mass is 79.9. The van der Waals surface area contributed by atoms with Crippen LogP contribution in [0.4, 0.5) is 5.69 Å². The summed E-state index contributed by atoms with van der Waals surface area (Å²) in [6.07, 6.45) is 0. The number of esters is 2. The number of methoxy groups -OCH3 is 1. The topological polar surface area (TPSA) is 116 Å². The number of carbonyl (C=O) groups excluding carboxylic acids is 3. The summed E-state index contributed by atoms with van der Waals surface area (Å²) in [6, 6.07) is 20.5. The van der Waals surface area contributed by atoms with Crippen LogP contribution in [0.25, 0.3) is 11.3 Å². The Labute approximate surface area is 276 Å². The lowest BCUT2D eigenvalue weighted by Gasteiger charge is -2.27. The Morgan fingerprint density at radius 2 is 1.67 bits per heavy atom. The molecule has 0 unspecified atom stereocenters. The van der Waals surface area contributed by atoms with Crippen molar-refractivity contribution in [1.82, 2.24) is 4.57 Å². The molecule has 0 bridgehead atoms. The van der Waals surface area contributed by atoms with Gasteiger partial charge in [0.15, 0.2) is 4.80 Å². The van der Waals surface area contributed by atoms with Gasteiger partial charge in [0, 0.05) is 21.2 Å². The largest absolute Gasteiger partial charge is 0.496 e. The van der Waals surface area contributed by atoms with E-state index in [1.165, 1.54) is 16.6 Å². The number of halogens is 1. The molecule has 1 amide bonds. The maximum atomic E-state index is 14.6. The maximum absolute atomic E-state index is 14.6. The van der Waals surface area contributed by atoms with Crippen molar-refractivity contribution in [3.05, 3.63) is 119 Å². The number of nitrogens with zero attached hydrogens (tertiary/aromatic N) is 3. The molecule has 10 nitrogen and oxygen atoms in total. The Kier molecular flexibility index (Phi) is 8.74. The molecule has 2 aliphatic rings. The van der Waals surface area contributed by atoms with Crippen LogP contribution in [0, 0.1) is 0 Å². The van der Waals surface area contributed by atoms with Gasteiger partial charge in [0.05, 0.1) is 42.9 Å². The number of fused-ring (bicyclic) bond motifs is 2. The minimum Gasteiger partial charge on any atom is -0.496 e. The van der Waals surface area contributed by atoms with Crippen LogP contribution < -0.4 is 24.5 Å². The fourth-order valence-corrected chi connectivity index (χ4v) is 7.17. The standard InChI is InChI=1S/C34H28BrN3O7S/c1-4-44-25(39)18-37-23-14-10-9-13-21(23)26(31(37)40)30-32(41)38-29(22-17-20(35)15-16-24(22)43-3)27(33(42)45-5-2)28(36-34(38)46-30)19-11-7-6-8-12-19/h6-17,29H,4-5,18H2,1-3H3/b30-26-/t29-/m0/s1. The Morgan fingerprint density at radius 3 is 2.39 bits per heavy atom. The Morgan fingerprint density at radius 1 is 0.957 bits per heavy atom. The monoisotopic (exact) mass is 701 g/mol. The van der Waals surface area contributed by atoms with Crippen LogP contribution in [0.15, 0.2) is 92.6 Å². The molecular weight excluding hydrogens is 674 g/mol. The van der Waals surface area contributed by atoms with Crippen LogP contribution in [0.1, 0.15) is 36.6 Å². The summed E-state index contributed by atoms with van der Waals surface area (Å²) in [5, 5.41) is 0. The van der Waals surface area contributed by atoms with Gasteiger partial charge in [0.2, 0.25) is 0 Å². The average Bonchev–Trinajstić information content (AvgIpc) is 3.52. The number of carbonyl (C=O) groups is 3. The highest BCUT2D eigenvalue weighted by Crippen LogP contribution is 2.40. The van der Waals surface area contributed by atoms with E-state index in [1.54, 1.807) is 56.3 Å². The first-order valence-corrected chi connectivity index (χ1v) is 16.1. The first-order chi connectivity index (χ1) is 22.3. The second kappa shape index (κ2) is 12.9. The predicted octanol–water partition coefficient (Wildman–Crippen LogP) is 3.99. The molecule has 46 heavy (non-hydrogen) atoms. The zero-order valence-electron chi connectivity index (χ0n) is 25.1. The predicted molar refractivity (Wildman–Crippen MR) is 176 cm³/mol. The van der Waals surface area contributed by atoms with Crippen molar-refractivity contribution >= 4 is 62.1 Å². The van der Waals surface area contributed by atoms with Crippen molar-refractivity contribution in [1.29, 1.82) is 0 Å². The highest BCUT2D eigenvalue weighted by molar-refractivity contribution is 9.10. The molecule has 1 aromatic heterocycles. The van der Waals surface area contributed by atoms with E-state index >= 15 is 0 Å². The van der Waals surface area contributed by atoms with Gasteiger partial charge < -0.3 is 14.2 Å². The summed E-state index contributed by atoms with van der Waals surface area (Å²) in [6.45, 7) is 3.35. The maximum Gasteiger partial charge on any atom is 0.338 e. The normalized spacial score (nSPS) is 16.5. The van der Waals surface area contributed by atoms with Gasteiger partial charge in [0.1, 0.15) is 22.9 Å². The lowest BCUT2D eigenvalue weighted by molar-refractivity contribution is -0.142. The van der Waals surface area contributed by atoms with E-state index in [1.807, 2.05) is 30.3 Å². The second-order valence-corrected chi connectivity index (χ2v) is 12.1. The zero-order chi connectivity index (χ0) is 32.5. The summed E-state index contributed by atoms with van der Waals surface area (Å²) < 4.78 is 18.6. The number of aromatic nitrogens is 1. The number of rotatable bonds is 8. The van der Waals surface area contributed by atoms with Gasteiger partial charge >= 0.3 is 11.9 Å². The Balaban J connectivity index is 1.69. The summed E-state index contributed by atoms with van der Waals surface area (Å²) in [7, 11) is 1.51. The first-order valence-electron chi connectivity index (χ1n) is 14.5. The number of benzene rings is 3. The number of hydrogen-bond acceptors (Lipinski definition) is 9. The molecule has 12 heteroatoms. The van der Waals surface area contributed by atoms with E-state index < -0.39 is 29.4 Å². The molecule has 4 aromatic rings. The quantitative estimate of drug-likeness (QED) is 0.255. The van der Waals surface area contributed by atoms with Crippen molar-refractivity contribution in [2.75, 3.05) is 31.8 Å². The lowest BCUT2D eigenvalue weighted by Crippen LogP contribution is -2.41. The third-order valence-electron chi connectivity index (χ3n) is 7.58. The van der Waals surface area contributed by atoms with Crippen molar-refractivity contribution in [3.63, 3.8) is 0 Å². The van der Waals surface area contributed by atoms with Gasteiger partial charge in [-0.2, -0.15) is 0 Å². The van der Waals surface area contributed by atoms with Crippen LogP contribution in [0.5, 0.6) is 5.75 Å². The van der Waals surface area contributed by atoms with Crippen LogP contribution >= 0.6 is 27.3 Å². The van der Waals surface area contributed by atoms with Crippen LogP contribution in [-0.4, -0.2) is 49.3 Å². The van der Waals surface area contributed by atoms with Crippen LogP contribution in [0.3, 0.4) is 0 Å². The molecule has 2 aliphatic heterocycles. The van der Waals surface area contributed by atoms with E-state index in [4.69, 9.17) is 19.2 Å². The van der Waals surface area contributed by atoms with E-state index in [0.717, 1.165) is 11.3 Å². The fraction of sp³-hybridized carbons (Fsp3) is 0.206. The molecule has 6 rings (SSSR count). The fourth-order valence-electron chi connectivity index (χ4n) is 5.70. The number of hydrogen-bond donors (Lipinski definition) is 0. The number of amides is 1. The van der Waals surface area contributed by atoms with Crippen LogP contribution in [-0.2, 0) is 23.9 Å². The SMILES string of the molecule is CCOC(=O)CN1C(=O)/C(=c2\sc3n(c2=O)[C@@H](c2cc(Br)ccc2OC)C(C(=O)OCC)=C(c2ccccc2)N=3)c2ccccc21. The minimum atomic E-state index is -1.02. The Bertz CT molecular complexity index is 2100. The molecule has 0 radical (unpaired) electrons. The Hall–Kier alpha value is -4.81. The minimum absolute atomic E-state index is 0.100. The summed E-state index contributed by atoms with van der Waals surface area (Å²) in [5.41, 5.74) is 2.26. The second-order valence-electron chi connectivity index (χ2n) is 10.2. The molecule has 0 fully saturated rings. The average molecular weight is 703 g/mol.